The Bertz CT molecular complexity index is 656. The van der Waals surface area contributed by atoms with Gasteiger partial charge < -0.3 is 10.3 Å². The third-order valence-corrected chi connectivity index (χ3v) is 2.96. The summed E-state index contributed by atoms with van der Waals surface area (Å²) in [6, 6.07) is 11.7. The van der Waals surface area contributed by atoms with Gasteiger partial charge in [0.2, 0.25) is 0 Å². The highest BCUT2D eigenvalue weighted by Gasteiger charge is 2.06. The van der Waals surface area contributed by atoms with Crippen LogP contribution < -0.4 is 5.73 Å². The van der Waals surface area contributed by atoms with E-state index in [0.29, 0.717) is 0 Å². The van der Waals surface area contributed by atoms with Crippen molar-refractivity contribution < 1.29 is 0 Å². The van der Waals surface area contributed by atoms with Gasteiger partial charge in [-0.2, -0.15) is 0 Å². The molecule has 1 aromatic carbocycles. The van der Waals surface area contributed by atoms with Gasteiger partial charge in [-0.25, -0.2) is 4.98 Å². The standard InChI is InChI=1S/C15H14N4/c16-14-5-3-13(4-6-14)15-18-8-9-19(15)11-12-2-1-7-17-10-12/h1-10H,11,16H2. The van der Waals surface area contributed by atoms with E-state index in [9.17, 15) is 0 Å². The van der Waals surface area contributed by atoms with Crippen molar-refractivity contribution in [2.45, 2.75) is 6.54 Å². The minimum Gasteiger partial charge on any atom is -0.399 e. The number of aromatic nitrogens is 3. The number of rotatable bonds is 3. The summed E-state index contributed by atoms with van der Waals surface area (Å²) in [5, 5.41) is 0. The molecular formula is C15H14N4. The second-order valence-corrected chi connectivity index (χ2v) is 4.36. The molecule has 0 spiro atoms. The summed E-state index contributed by atoms with van der Waals surface area (Å²) < 4.78 is 2.10. The third kappa shape index (κ3) is 2.47. The smallest absolute Gasteiger partial charge is 0.140 e. The van der Waals surface area contributed by atoms with Gasteiger partial charge in [-0.3, -0.25) is 4.98 Å². The van der Waals surface area contributed by atoms with Gasteiger partial charge in [0.05, 0.1) is 6.54 Å². The highest BCUT2D eigenvalue weighted by Crippen LogP contribution is 2.19. The Balaban J connectivity index is 1.92. The monoisotopic (exact) mass is 250 g/mol. The molecule has 0 radical (unpaired) electrons. The van der Waals surface area contributed by atoms with Crippen LogP contribution in [0.15, 0.2) is 61.2 Å². The molecule has 0 atom stereocenters. The zero-order valence-electron chi connectivity index (χ0n) is 10.4. The van der Waals surface area contributed by atoms with Crippen molar-refractivity contribution in [3.63, 3.8) is 0 Å². The maximum absolute atomic E-state index is 5.71. The summed E-state index contributed by atoms with van der Waals surface area (Å²) in [4.78, 5) is 8.54. The van der Waals surface area contributed by atoms with Gasteiger partial charge in [0.1, 0.15) is 5.82 Å². The van der Waals surface area contributed by atoms with E-state index in [1.54, 1.807) is 6.20 Å². The lowest BCUT2D eigenvalue weighted by atomic mass is 10.2. The van der Waals surface area contributed by atoms with Crippen molar-refractivity contribution in [3.8, 4) is 11.4 Å². The lowest BCUT2D eigenvalue weighted by molar-refractivity contribution is 0.803. The van der Waals surface area contributed by atoms with Crippen LogP contribution in [0.5, 0.6) is 0 Å². The molecule has 0 fully saturated rings. The predicted molar refractivity (Wildman–Crippen MR) is 75.4 cm³/mol. The Kier molecular flexibility index (Phi) is 2.98. The first-order valence-corrected chi connectivity index (χ1v) is 6.09. The molecule has 4 heteroatoms. The Morgan fingerprint density at radius 2 is 1.89 bits per heavy atom. The van der Waals surface area contributed by atoms with E-state index < -0.39 is 0 Å². The zero-order chi connectivity index (χ0) is 13.1. The van der Waals surface area contributed by atoms with Gasteiger partial charge in [0.25, 0.3) is 0 Å². The summed E-state index contributed by atoms with van der Waals surface area (Å²) in [6.45, 7) is 0.757. The van der Waals surface area contributed by atoms with Crippen molar-refractivity contribution >= 4 is 5.69 Å². The van der Waals surface area contributed by atoms with E-state index in [0.717, 1.165) is 29.2 Å². The number of anilines is 1. The summed E-state index contributed by atoms with van der Waals surface area (Å²) >= 11 is 0. The summed E-state index contributed by atoms with van der Waals surface area (Å²) in [7, 11) is 0. The fourth-order valence-electron chi connectivity index (χ4n) is 2.02. The molecule has 2 heterocycles. The molecule has 0 bridgehead atoms. The Morgan fingerprint density at radius 1 is 1.05 bits per heavy atom. The van der Waals surface area contributed by atoms with Gasteiger partial charge in [-0.05, 0) is 35.9 Å². The quantitative estimate of drug-likeness (QED) is 0.727. The maximum Gasteiger partial charge on any atom is 0.140 e. The van der Waals surface area contributed by atoms with Crippen LogP contribution in [0.1, 0.15) is 5.56 Å². The van der Waals surface area contributed by atoms with E-state index in [1.807, 2.05) is 48.9 Å². The van der Waals surface area contributed by atoms with E-state index in [2.05, 4.69) is 20.6 Å². The molecule has 0 aliphatic carbocycles. The second kappa shape index (κ2) is 4.94. The van der Waals surface area contributed by atoms with Gasteiger partial charge in [-0.1, -0.05) is 6.07 Å². The summed E-state index contributed by atoms with van der Waals surface area (Å²) in [5.41, 5.74) is 8.67. The zero-order valence-corrected chi connectivity index (χ0v) is 10.4. The van der Waals surface area contributed by atoms with Crippen LogP contribution >= 0.6 is 0 Å². The molecule has 94 valence electrons. The molecule has 3 rings (SSSR count). The molecule has 0 aliphatic rings. The van der Waals surface area contributed by atoms with Crippen molar-refractivity contribution in [2.24, 2.45) is 0 Å². The number of benzene rings is 1. The van der Waals surface area contributed by atoms with Gasteiger partial charge in [-0.15, -0.1) is 0 Å². The molecule has 4 nitrogen and oxygen atoms in total. The molecule has 0 unspecified atom stereocenters. The Labute approximate surface area is 111 Å². The first kappa shape index (κ1) is 11.5. The van der Waals surface area contributed by atoms with Crippen LogP contribution in [0.25, 0.3) is 11.4 Å². The molecule has 0 amide bonds. The van der Waals surface area contributed by atoms with Crippen LogP contribution in [0.3, 0.4) is 0 Å². The van der Waals surface area contributed by atoms with E-state index in [1.165, 1.54) is 0 Å². The topological polar surface area (TPSA) is 56.7 Å². The molecule has 19 heavy (non-hydrogen) atoms. The largest absolute Gasteiger partial charge is 0.399 e. The van der Waals surface area contributed by atoms with Crippen LogP contribution in [-0.4, -0.2) is 14.5 Å². The predicted octanol–water partition coefficient (Wildman–Crippen LogP) is 2.58. The van der Waals surface area contributed by atoms with Crippen molar-refractivity contribution in [1.82, 2.24) is 14.5 Å². The van der Waals surface area contributed by atoms with Crippen molar-refractivity contribution in [3.05, 3.63) is 66.7 Å². The minimum atomic E-state index is 0.757. The van der Waals surface area contributed by atoms with Gasteiger partial charge in [0.15, 0.2) is 0 Å². The van der Waals surface area contributed by atoms with Crippen molar-refractivity contribution in [1.29, 1.82) is 0 Å². The summed E-state index contributed by atoms with van der Waals surface area (Å²) in [6.07, 6.45) is 7.42. The van der Waals surface area contributed by atoms with Gasteiger partial charge >= 0.3 is 0 Å². The molecule has 3 aromatic rings. The Morgan fingerprint density at radius 3 is 2.63 bits per heavy atom. The van der Waals surface area contributed by atoms with Gasteiger partial charge in [0, 0.05) is 36.0 Å². The van der Waals surface area contributed by atoms with Crippen LogP contribution in [0.4, 0.5) is 5.69 Å². The SMILES string of the molecule is Nc1ccc(-c2nccn2Cc2cccnc2)cc1. The number of nitrogens with two attached hydrogens (primary N) is 1. The molecule has 0 aliphatic heterocycles. The highest BCUT2D eigenvalue weighted by molar-refractivity contribution is 5.59. The van der Waals surface area contributed by atoms with E-state index in [-0.39, 0.29) is 0 Å². The fraction of sp³-hybridized carbons (Fsp3) is 0.0667. The fourth-order valence-corrected chi connectivity index (χ4v) is 2.02. The third-order valence-electron chi connectivity index (χ3n) is 2.96. The molecule has 0 saturated heterocycles. The van der Waals surface area contributed by atoms with Crippen molar-refractivity contribution in [2.75, 3.05) is 5.73 Å². The molecule has 2 aromatic heterocycles. The van der Waals surface area contributed by atoms with Crippen LogP contribution in [-0.2, 0) is 6.54 Å². The number of nitrogens with zero attached hydrogens (tertiary/aromatic N) is 3. The number of hydrogen-bond acceptors (Lipinski definition) is 3. The summed E-state index contributed by atoms with van der Waals surface area (Å²) in [5.74, 6) is 0.934. The number of hydrogen-bond donors (Lipinski definition) is 1. The van der Waals surface area contributed by atoms with Crippen LogP contribution in [0, 0.1) is 0 Å². The molecule has 0 saturated carbocycles. The average Bonchev–Trinajstić information content (AvgIpc) is 2.89. The lowest BCUT2D eigenvalue weighted by Crippen LogP contribution is -2.01. The first-order chi connectivity index (χ1) is 9.33. The Hall–Kier alpha value is -2.62. The first-order valence-electron chi connectivity index (χ1n) is 6.09. The number of pyridine rings is 1. The molecule has 2 N–H and O–H groups in total. The highest BCUT2D eigenvalue weighted by atomic mass is 15.1. The van der Waals surface area contributed by atoms with Crippen LogP contribution in [0.2, 0.25) is 0 Å². The second-order valence-electron chi connectivity index (χ2n) is 4.36. The average molecular weight is 250 g/mol. The maximum atomic E-state index is 5.71. The number of imidazole rings is 1. The molecular weight excluding hydrogens is 236 g/mol. The van der Waals surface area contributed by atoms with E-state index in [4.69, 9.17) is 5.73 Å². The lowest BCUT2D eigenvalue weighted by Gasteiger charge is -2.08. The normalized spacial score (nSPS) is 10.5. The van der Waals surface area contributed by atoms with E-state index >= 15 is 0 Å². The minimum absolute atomic E-state index is 0.757. The number of nitrogen functional groups attached to an aromatic ring is 1.